The molecule has 0 heterocycles. The van der Waals surface area contributed by atoms with E-state index in [4.69, 9.17) is 0 Å². The van der Waals surface area contributed by atoms with Gasteiger partial charge < -0.3 is 5.32 Å². The van der Waals surface area contributed by atoms with Gasteiger partial charge in [-0.25, -0.2) is 0 Å². The largest absolute Gasteiger partial charge is 0.356 e. The Morgan fingerprint density at radius 3 is 2.38 bits per heavy atom. The van der Waals surface area contributed by atoms with Crippen LogP contribution < -0.4 is 5.32 Å². The second-order valence-corrected chi connectivity index (χ2v) is 6.02. The summed E-state index contributed by atoms with van der Waals surface area (Å²) in [6.07, 6.45) is 5.74. The van der Waals surface area contributed by atoms with Gasteiger partial charge in [-0.05, 0) is 49.9 Å². The zero-order valence-corrected chi connectivity index (χ0v) is 11.3. The lowest BCUT2D eigenvalue weighted by atomic mass is 9.67. The number of nitrogens with one attached hydrogen (secondary N) is 1. The van der Waals surface area contributed by atoms with Gasteiger partial charge in [0.15, 0.2) is 0 Å². The third-order valence-electron chi connectivity index (χ3n) is 4.14. The first-order valence-electron chi connectivity index (χ1n) is 6.73. The number of hydrogen-bond donors (Lipinski definition) is 1. The predicted octanol–water partition coefficient (Wildman–Crippen LogP) is 3.37. The lowest BCUT2D eigenvalue weighted by molar-refractivity contribution is -0.123. The van der Waals surface area contributed by atoms with Gasteiger partial charge in [0.1, 0.15) is 0 Å². The van der Waals surface area contributed by atoms with E-state index in [1.807, 2.05) is 6.92 Å². The third-order valence-corrected chi connectivity index (χ3v) is 4.14. The highest BCUT2D eigenvalue weighted by atomic mass is 16.1. The van der Waals surface area contributed by atoms with E-state index in [0.717, 1.165) is 18.4 Å². The lowest BCUT2D eigenvalue weighted by Gasteiger charge is -2.38. The van der Waals surface area contributed by atoms with Gasteiger partial charge in [0.2, 0.25) is 5.91 Å². The SMILES string of the molecule is CCNC(=O)CC1(C)CCC(C(C)C)CC1. The van der Waals surface area contributed by atoms with E-state index in [9.17, 15) is 4.79 Å². The minimum absolute atomic E-state index is 0.230. The Bertz CT molecular complexity index is 227. The van der Waals surface area contributed by atoms with Crippen molar-refractivity contribution in [3.05, 3.63) is 0 Å². The summed E-state index contributed by atoms with van der Waals surface area (Å²) in [7, 11) is 0. The summed E-state index contributed by atoms with van der Waals surface area (Å²) in [6, 6.07) is 0. The molecule has 16 heavy (non-hydrogen) atoms. The van der Waals surface area contributed by atoms with Gasteiger partial charge in [0.05, 0.1) is 0 Å². The fourth-order valence-corrected chi connectivity index (χ4v) is 2.83. The molecular weight excluding hydrogens is 198 g/mol. The van der Waals surface area contributed by atoms with Crippen LogP contribution in [0.5, 0.6) is 0 Å². The molecule has 1 aliphatic carbocycles. The molecule has 0 aromatic carbocycles. The molecule has 1 aliphatic rings. The summed E-state index contributed by atoms with van der Waals surface area (Å²) in [4.78, 5) is 11.6. The smallest absolute Gasteiger partial charge is 0.220 e. The van der Waals surface area contributed by atoms with Crippen molar-refractivity contribution in [3.63, 3.8) is 0 Å². The topological polar surface area (TPSA) is 29.1 Å². The molecular formula is C14H27NO. The van der Waals surface area contributed by atoms with Gasteiger partial charge >= 0.3 is 0 Å². The van der Waals surface area contributed by atoms with Gasteiger partial charge in [0, 0.05) is 13.0 Å². The first-order chi connectivity index (χ1) is 7.47. The highest BCUT2D eigenvalue weighted by Crippen LogP contribution is 2.43. The minimum atomic E-state index is 0.230. The number of carbonyl (C=O) groups excluding carboxylic acids is 1. The van der Waals surface area contributed by atoms with Crippen LogP contribution in [0.3, 0.4) is 0 Å². The standard InChI is InChI=1S/C14H27NO/c1-5-15-13(16)10-14(4)8-6-12(7-9-14)11(2)3/h11-12H,5-10H2,1-4H3,(H,15,16). The van der Waals surface area contributed by atoms with Gasteiger partial charge in [-0.2, -0.15) is 0 Å². The molecule has 2 heteroatoms. The second kappa shape index (κ2) is 5.70. The molecule has 0 unspecified atom stereocenters. The fourth-order valence-electron chi connectivity index (χ4n) is 2.83. The van der Waals surface area contributed by atoms with Crippen LogP contribution in [0.15, 0.2) is 0 Å². The van der Waals surface area contributed by atoms with Crippen LogP contribution >= 0.6 is 0 Å². The van der Waals surface area contributed by atoms with Crippen molar-refractivity contribution in [3.8, 4) is 0 Å². The molecule has 0 aromatic rings. The summed E-state index contributed by atoms with van der Waals surface area (Å²) in [6.45, 7) is 9.65. The lowest BCUT2D eigenvalue weighted by Crippen LogP contribution is -2.33. The first-order valence-corrected chi connectivity index (χ1v) is 6.73. The van der Waals surface area contributed by atoms with E-state index in [2.05, 4.69) is 26.1 Å². The second-order valence-electron chi connectivity index (χ2n) is 6.02. The van der Waals surface area contributed by atoms with Crippen LogP contribution in [0.2, 0.25) is 0 Å². The number of carbonyl (C=O) groups is 1. The van der Waals surface area contributed by atoms with Crippen molar-refractivity contribution in [2.75, 3.05) is 6.54 Å². The Morgan fingerprint density at radius 2 is 1.94 bits per heavy atom. The maximum Gasteiger partial charge on any atom is 0.220 e. The molecule has 1 fully saturated rings. The Hall–Kier alpha value is -0.530. The molecule has 1 rings (SSSR count). The highest BCUT2D eigenvalue weighted by molar-refractivity contribution is 5.76. The molecule has 1 amide bonds. The van der Waals surface area contributed by atoms with Crippen LogP contribution in [-0.4, -0.2) is 12.5 Å². The zero-order valence-electron chi connectivity index (χ0n) is 11.3. The van der Waals surface area contributed by atoms with Gasteiger partial charge in [-0.1, -0.05) is 20.8 Å². The molecule has 0 aromatic heterocycles. The van der Waals surface area contributed by atoms with E-state index < -0.39 is 0 Å². The van der Waals surface area contributed by atoms with Crippen molar-refractivity contribution in [2.24, 2.45) is 17.3 Å². The number of rotatable bonds is 4. The molecule has 1 saturated carbocycles. The van der Waals surface area contributed by atoms with Crippen molar-refractivity contribution in [2.45, 2.75) is 59.8 Å². The summed E-state index contributed by atoms with van der Waals surface area (Å²) < 4.78 is 0. The Labute approximate surface area is 100 Å². The van der Waals surface area contributed by atoms with Crippen LogP contribution in [0.1, 0.15) is 59.8 Å². The van der Waals surface area contributed by atoms with Crippen molar-refractivity contribution in [1.29, 1.82) is 0 Å². The molecule has 1 N–H and O–H groups in total. The van der Waals surface area contributed by atoms with Crippen LogP contribution in [0, 0.1) is 17.3 Å². The molecule has 0 aliphatic heterocycles. The molecule has 94 valence electrons. The average molecular weight is 225 g/mol. The fraction of sp³-hybridized carbons (Fsp3) is 0.929. The minimum Gasteiger partial charge on any atom is -0.356 e. The van der Waals surface area contributed by atoms with Crippen LogP contribution in [-0.2, 0) is 4.79 Å². The first kappa shape index (κ1) is 13.5. The summed E-state index contributed by atoms with van der Waals surface area (Å²) in [5.41, 5.74) is 0.255. The maximum absolute atomic E-state index is 11.6. The van der Waals surface area contributed by atoms with Crippen molar-refractivity contribution >= 4 is 5.91 Å². The van der Waals surface area contributed by atoms with Crippen molar-refractivity contribution < 1.29 is 4.79 Å². The Kier molecular flexibility index (Phi) is 4.82. The molecule has 0 radical (unpaired) electrons. The highest BCUT2D eigenvalue weighted by Gasteiger charge is 2.33. The summed E-state index contributed by atoms with van der Waals surface area (Å²) in [5.74, 6) is 1.91. The van der Waals surface area contributed by atoms with Crippen LogP contribution in [0.25, 0.3) is 0 Å². The monoisotopic (exact) mass is 225 g/mol. The molecule has 0 bridgehead atoms. The molecule has 0 saturated heterocycles. The Morgan fingerprint density at radius 1 is 1.38 bits per heavy atom. The number of hydrogen-bond acceptors (Lipinski definition) is 1. The Balaban J connectivity index is 2.40. The van der Waals surface area contributed by atoms with E-state index in [-0.39, 0.29) is 11.3 Å². The molecule has 0 atom stereocenters. The summed E-state index contributed by atoms with van der Waals surface area (Å²) in [5, 5.41) is 2.91. The third kappa shape index (κ3) is 3.80. The maximum atomic E-state index is 11.6. The van der Waals surface area contributed by atoms with E-state index >= 15 is 0 Å². The van der Waals surface area contributed by atoms with E-state index in [0.29, 0.717) is 6.42 Å². The average Bonchev–Trinajstić information content (AvgIpc) is 2.17. The predicted molar refractivity (Wildman–Crippen MR) is 68.2 cm³/mol. The van der Waals surface area contributed by atoms with Crippen LogP contribution in [0.4, 0.5) is 0 Å². The zero-order chi connectivity index (χ0) is 12.2. The van der Waals surface area contributed by atoms with Gasteiger partial charge in [-0.15, -0.1) is 0 Å². The molecule has 2 nitrogen and oxygen atoms in total. The van der Waals surface area contributed by atoms with E-state index in [1.165, 1.54) is 25.7 Å². The number of amides is 1. The summed E-state index contributed by atoms with van der Waals surface area (Å²) >= 11 is 0. The van der Waals surface area contributed by atoms with E-state index in [1.54, 1.807) is 0 Å². The van der Waals surface area contributed by atoms with Gasteiger partial charge in [-0.3, -0.25) is 4.79 Å². The van der Waals surface area contributed by atoms with Crippen molar-refractivity contribution in [1.82, 2.24) is 5.32 Å². The van der Waals surface area contributed by atoms with Gasteiger partial charge in [0.25, 0.3) is 0 Å². The quantitative estimate of drug-likeness (QED) is 0.781. The normalized spacial score (nSPS) is 30.4. The molecule has 0 spiro atoms.